The topological polar surface area (TPSA) is 35.6 Å². The second kappa shape index (κ2) is 10.7. The third-order valence-corrected chi connectivity index (χ3v) is 7.18. The van der Waals surface area contributed by atoms with Gasteiger partial charge in [-0.1, -0.05) is 24.6 Å². The molecule has 1 saturated carbocycles. The maximum Gasteiger partial charge on any atom is 0.317 e. The fourth-order valence-electron chi connectivity index (χ4n) is 5.05. The summed E-state index contributed by atoms with van der Waals surface area (Å²) in [5.74, 6) is 1.34. The van der Waals surface area contributed by atoms with E-state index in [0.717, 1.165) is 56.4 Å². The van der Waals surface area contributed by atoms with Gasteiger partial charge in [-0.3, -0.25) is 0 Å². The summed E-state index contributed by atoms with van der Waals surface area (Å²) in [5.41, 5.74) is 2.90. The molecule has 3 rings (SSSR count). The molecule has 0 saturated heterocycles. The van der Waals surface area contributed by atoms with Gasteiger partial charge in [0.2, 0.25) is 0 Å². The summed E-state index contributed by atoms with van der Waals surface area (Å²) in [4.78, 5) is 16.8. The highest BCUT2D eigenvalue weighted by Crippen LogP contribution is 2.30. The molecule has 1 N–H and O–H groups in total. The van der Waals surface area contributed by atoms with Crippen LogP contribution in [-0.2, 0) is 6.42 Å². The molecule has 1 aromatic rings. The number of carbonyl (C=O) groups is 1. The highest BCUT2D eigenvalue weighted by atomic mass is 35.5. The van der Waals surface area contributed by atoms with Crippen molar-refractivity contribution in [1.82, 2.24) is 15.1 Å². The predicted molar refractivity (Wildman–Crippen MR) is 122 cm³/mol. The lowest BCUT2D eigenvalue weighted by atomic mass is 9.84. The van der Waals surface area contributed by atoms with Crippen LogP contribution in [0.15, 0.2) is 18.2 Å². The van der Waals surface area contributed by atoms with Crippen molar-refractivity contribution in [1.29, 1.82) is 0 Å². The summed E-state index contributed by atoms with van der Waals surface area (Å²) in [6, 6.07) is 6.87. The van der Waals surface area contributed by atoms with Gasteiger partial charge in [0.1, 0.15) is 0 Å². The van der Waals surface area contributed by atoms with E-state index in [2.05, 4.69) is 29.3 Å². The van der Waals surface area contributed by atoms with Crippen LogP contribution >= 0.6 is 11.6 Å². The van der Waals surface area contributed by atoms with Crippen LogP contribution in [0.2, 0.25) is 5.02 Å². The molecule has 0 spiro atoms. The summed E-state index contributed by atoms with van der Waals surface area (Å²) >= 11 is 6.23. The van der Waals surface area contributed by atoms with Gasteiger partial charge in [-0.05, 0) is 94.0 Å². The summed E-state index contributed by atoms with van der Waals surface area (Å²) in [6.07, 6.45) is 7.13. The number of urea groups is 1. The molecular weight excluding hydrogens is 382 g/mol. The molecule has 29 heavy (non-hydrogen) atoms. The Labute approximate surface area is 182 Å². The molecule has 1 fully saturated rings. The van der Waals surface area contributed by atoms with Crippen LogP contribution in [0.4, 0.5) is 4.79 Å². The molecule has 0 bridgehead atoms. The number of benzene rings is 1. The molecule has 162 valence electrons. The fourth-order valence-corrected chi connectivity index (χ4v) is 5.23. The minimum absolute atomic E-state index is 0.108. The van der Waals surface area contributed by atoms with Crippen LogP contribution in [0.5, 0.6) is 0 Å². The Kier molecular flexibility index (Phi) is 8.25. The first kappa shape index (κ1) is 22.4. The number of nitrogens with zero attached hydrogens (tertiary/aromatic N) is 2. The number of hydrogen-bond acceptors (Lipinski definition) is 2. The molecule has 0 radical (unpaired) electrons. The van der Waals surface area contributed by atoms with Crippen LogP contribution in [0.3, 0.4) is 0 Å². The van der Waals surface area contributed by atoms with E-state index < -0.39 is 0 Å². The van der Waals surface area contributed by atoms with Gasteiger partial charge in [0.25, 0.3) is 0 Å². The Morgan fingerprint density at radius 2 is 1.93 bits per heavy atom. The quantitative estimate of drug-likeness (QED) is 0.678. The first-order valence-electron chi connectivity index (χ1n) is 11.6. The lowest BCUT2D eigenvalue weighted by Crippen LogP contribution is -2.46. The number of halogens is 1. The molecule has 2 aliphatic rings. The van der Waals surface area contributed by atoms with E-state index in [4.69, 9.17) is 11.6 Å². The zero-order chi connectivity index (χ0) is 20.8. The van der Waals surface area contributed by atoms with E-state index in [-0.39, 0.29) is 6.03 Å². The van der Waals surface area contributed by atoms with Crippen molar-refractivity contribution in [3.05, 3.63) is 34.3 Å². The van der Waals surface area contributed by atoms with E-state index in [9.17, 15) is 4.79 Å². The monoisotopic (exact) mass is 419 g/mol. The number of carbonyl (C=O) groups excluding carboxylic acids is 1. The number of hydrogen-bond donors (Lipinski definition) is 1. The largest absolute Gasteiger partial charge is 0.335 e. The minimum Gasteiger partial charge on any atom is -0.335 e. The van der Waals surface area contributed by atoms with Crippen LogP contribution in [-0.4, -0.2) is 54.6 Å². The zero-order valence-corrected chi connectivity index (χ0v) is 19.2. The maximum absolute atomic E-state index is 12.3. The molecular formula is C24H38ClN3O. The smallest absolute Gasteiger partial charge is 0.317 e. The van der Waals surface area contributed by atoms with Gasteiger partial charge in [0.05, 0.1) is 0 Å². The molecule has 5 heteroatoms. The Hall–Kier alpha value is -1.26. The highest BCUT2D eigenvalue weighted by molar-refractivity contribution is 6.30. The fraction of sp³-hybridized carbons (Fsp3) is 0.708. The molecule has 4 nitrogen and oxygen atoms in total. The van der Waals surface area contributed by atoms with Crippen molar-refractivity contribution >= 4 is 17.6 Å². The second-order valence-corrected chi connectivity index (χ2v) is 9.36. The van der Waals surface area contributed by atoms with Gasteiger partial charge in [-0.2, -0.15) is 0 Å². The summed E-state index contributed by atoms with van der Waals surface area (Å²) in [5, 5.41) is 4.10. The zero-order valence-electron chi connectivity index (χ0n) is 18.4. The van der Waals surface area contributed by atoms with E-state index >= 15 is 0 Å². The third-order valence-electron chi connectivity index (χ3n) is 6.95. The standard InChI is InChI=1S/C24H38ClN3O/c1-4-28(5-2)24(29)26-22-10-6-19(7-11-22)12-14-27-15-13-20-8-9-21(25)16-23(20)18(3)17-27/h8-9,16,18-19,22H,4-7,10-15,17H2,1-3H3,(H,26,29)/t18-,19?,22?/m0/s1. The molecule has 2 amide bonds. The van der Waals surface area contributed by atoms with Gasteiger partial charge in [0.15, 0.2) is 0 Å². The lowest BCUT2D eigenvalue weighted by molar-refractivity contribution is 0.186. The van der Waals surface area contributed by atoms with E-state index in [1.807, 2.05) is 24.8 Å². The van der Waals surface area contributed by atoms with E-state index in [1.54, 1.807) is 0 Å². The Bertz CT molecular complexity index is 668. The van der Waals surface area contributed by atoms with E-state index in [1.165, 1.54) is 36.9 Å². The van der Waals surface area contributed by atoms with Crippen molar-refractivity contribution in [3.63, 3.8) is 0 Å². The van der Waals surface area contributed by atoms with Crippen LogP contribution < -0.4 is 5.32 Å². The third kappa shape index (κ3) is 6.11. The molecule has 1 aromatic carbocycles. The molecule has 1 aliphatic heterocycles. The minimum atomic E-state index is 0.108. The van der Waals surface area contributed by atoms with Gasteiger partial charge >= 0.3 is 6.03 Å². The van der Waals surface area contributed by atoms with Crippen LogP contribution in [0.1, 0.15) is 69.9 Å². The highest BCUT2D eigenvalue weighted by Gasteiger charge is 2.25. The Morgan fingerprint density at radius 3 is 2.62 bits per heavy atom. The number of rotatable bonds is 6. The van der Waals surface area contributed by atoms with Crippen molar-refractivity contribution in [3.8, 4) is 0 Å². The molecule has 0 aromatic heterocycles. The predicted octanol–water partition coefficient (Wildman–Crippen LogP) is 5.30. The first-order chi connectivity index (χ1) is 14.0. The average Bonchev–Trinajstić information content (AvgIpc) is 2.87. The SMILES string of the molecule is CCN(CC)C(=O)NC1CCC(CCN2CCc3ccc(Cl)cc3[C@@H](C)C2)CC1. The van der Waals surface area contributed by atoms with Crippen LogP contribution in [0.25, 0.3) is 0 Å². The second-order valence-electron chi connectivity index (χ2n) is 8.92. The normalized spacial score (nSPS) is 25.2. The number of fused-ring (bicyclic) bond motifs is 1. The Morgan fingerprint density at radius 1 is 1.21 bits per heavy atom. The molecule has 0 unspecified atom stereocenters. The van der Waals surface area contributed by atoms with E-state index in [0.29, 0.717) is 12.0 Å². The van der Waals surface area contributed by atoms with Crippen LogP contribution in [0, 0.1) is 5.92 Å². The lowest BCUT2D eigenvalue weighted by Gasteiger charge is -2.32. The van der Waals surface area contributed by atoms with Gasteiger partial charge in [-0.25, -0.2) is 4.79 Å². The average molecular weight is 420 g/mol. The van der Waals surface area contributed by atoms with Crippen molar-refractivity contribution in [2.24, 2.45) is 5.92 Å². The van der Waals surface area contributed by atoms with Gasteiger partial charge < -0.3 is 15.1 Å². The summed E-state index contributed by atoms with van der Waals surface area (Å²) < 4.78 is 0. The number of nitrogens with one attached hydrogen (secondary N) is 1. The Balaban J connectivity index is 1.41. The van der Waals surface area contributed by atoms with Crippen molar-refractivity contribution < 1.29 is 4.79 Å². The van der Waals surface area contributed by atoms with Gasteiger partial charge in [0, 0.05) is 37.2 Å². The first-order valence-corrected chi connectivity index (χ1v) is 11.9. The molecule has 1 aliphatic carbocycles. The molecule has 1 heterocycles. The number of amides is 2. The summed E-state index contributed by atoms with van der Waals surface area (Å²) in [6.45, 7) is 11.4. The maximum atomic E-state index is 12.3. The van der Waals surface area contributed by atoms with Crippen molar-refractivity contribution in [2.45, 2.75) is 71.3 Å². The van der Waals surface area contributed by atoms with Gasteiger partial charge in [-0.15, -0.1) is 0 Å². The molecule has 1 atom stereocenters. The summed E-state index contributed by atoms with van der Waals surface area (Å²) in [7, 11) is 0. The van der Waals surface area contributed by atoms with Crippen molar-refractivity contribution in [2.75, 3.05) is 32.7 Å².